The van der Waals surface area contributed by atoms with E-state index in [1.54, 1.807) is 17.9 Å². The molecule has 0 spiro atoms. The molecule has 0 bridgehead atoms. The second-order valence-electron chi connectivity index (χ2n) is 5.59. The zero-order valence-corrected chi connectivity index (χ0v) is 12.6. The molecule has 120 valence electrons. The van der Waals surface area contributed by atoms with Crippen LogP contribution in [0.15, 0.2) is 18.2 Å². The fourth-order valence-corrected chi connectivity index (χ4v) is 2.56. The Labute approximate surface area is 129 Å². The number of phenols is 1. The fourth-order valence-electron chi connectivity index (χ4n) is 2.56. The van der Waals surface area contributed by atoms with E-state index in [1.807, 2.05) is 0 Å². The van der Waals surface area contributed by atoms with Crippen LogP contribution in [0.5, 0.6) is 5.75 Å². The monoisotopic (exact) mass is 308 g/mol. The Kier molecular flexibility index (Phi) is 5.35. The molecule has 1 heterocycles. The van der Waals surface area contributed by atoms with Gasteiger partial charge in [0.1, 0.15) is 0 Å². The van der Waals surface area contributed by atoms with Gasteiger partial charge in [-0.3, -0.25) is 9.59 Å². The molecule has 22 heavy (non-hydrogen) atoms. The van der Waals surface area contributed by atoms with Crippen LogP contribution in [0.2, 0.25) is 0 Å². The van der Waals surface area contributed by atoms with Crippen molar-refractivity contribution in [3.63, 3.8) is 0 Å². The summed E-state index contributed by atoms with van der Waals surface area (Å²) >= 11 is 0. The Balaban J connectivity index is 1.76. The number of hydrogen-bond donors (Lipinski definition) is 2. The molecule has 0 aliphatic carbocycles. The molecule has 5 nitrogen and oxygen atoms in total. The number of phenolic OH excluding ortho intramolecular Hbond substituents is 1. The summed E-state index contributed by atoms with van der Waals surface area (Å²) in [4.78, 5) is 25.1. The third-order valence-corrected chi connectivity index (χ3v) is 3.85. The number of amides is 2. The summed E-state index contributed by atoms with van der Waals surface area (Å²) in [5.41, 5.74) is 0.596. The number of halogens is 1. The van der Waals surface area contributed by atoms with Crippen molar-refractivity contribution in [3.8, 4) is 5.75 Å². The minimum atomic E-state index is -0.703. The molecule has 1 unspecified atom stereocenters. The van der Waals surface area contributed by atoms with Crippen molar-refractivity contribution in [3.05, 3.63) is 29.6 Å². The average Bonchev–Trinajstić information content (AvgIpc) is 2.87. The summed E-state index contributed by atoms with van der Waals surface area (Å²) in [6.45, 7) is 3.14. The van der Waals surface area contributed by atoms with Gasteiger partial charge in [0.15, 0.2) is 11.6 Å². The van der Waals surface area contributed by atoms with Gasteiger partial charge in [0.25, 0.3) is 0 Å². The number of aromatic hydroxyl groups is 1. The third-order valence-electron chi connectivity index (χ3n) is 3.85. The molecule has 1 saturated heterocycles. The molecule has 1 aliphatic heterocycles. The third kappa shape index (κ3) is 4.19. The molecule has 1 aliphatic rings. The van der Waals surface area contributed by atoms with Gasteiger partial charge in [-0.25, -0.2) is 4.39 Å². The van der Waals surface area contributed by atoms with E-state index in [9.17, 15) is 14.0 Å². The van der Waals surface area contributed by atoms with E-state index in [0.29, 0.717) is 31.4 Å². The van der Waals surface area contributed by atoms with Crippen molar-refractivity contribution in [1.82, 2.24) is 10.2 Å². The number of hydrogen-bond acceptors (Lipinski definition) is 3. The van der Waals surface area contributed by atoms with Gasteiger partial charge in [-0.05, 0) is 37.5 Å². The lowest BCUT2D eigenvalue weighted by Crippen LogP contribution is -2.29. The molecule has 2 N–H and O–H groups in total. The van der Waals surface area contributed by atoms with Crippen molar-refractivity contribution >= 4 is 11.8 Å². The van der Waals surface area contributed by atoms with Crippen molar-refractivity contribution < 1.29 is 19.1 Å². The van der Waals surface area contributed by atoms with Gasteiger partial charge < -0.3 is 15.3 Å². The van der Waals surface area contributed by atoms with Crippen LogP contribution in [0.25, 0.3) is 0 Å². The first-order valence-electron chi connectivity index (χ1n) is 7.53. The Bertz CT molecular complexity index is 562. The van der Waals surface area contributed by atoms with E-state index in [2.05, 4.69) is 5.32 Å². The van der Waals surface area contributed by atoms with E-state index < -0.39 is 11.6 Å². The summed E-state index contributed by atoms with van der Waals surface area (Å²) in [5.74, 6) is -1.08. The number of nitrogens with one attached hydrogen (secondary N) is 1. The minimum Gasteiger partial charge on any atom is -0.505 e. The predicted octanol–water partition coefficient (Wildman–Crippen LogP) is 2.11. The highest BCUT2D eigenvalue weighted by molar-refractivity contribution is 5.78. The first kappa shape index (κ1) is 16.3. The molecule has 1 atom stereocenters. The van der Waals surface area contributed by atoms with E-state index in [0.717, 1.165) is 13.0 Å². The van der Waals surface area contributed by atoms with Gasteiger partial charge in [-0.1, -0.05) is 6.07 Å². The van der Waals surface area contributed by atoms with Crippen molar-refractivity contribution in [2.24, 2.45) is 0 Å². The van der Waals surface area contributed by atoms with E-state index >= 15 is 0 Å². The number of benzene rings is 1. The second kappa shape index (κ2) is 7.24. The van der Waals surface area contributed by atoms with Crippen LogP contribution >= 0.6 is 0 Å². The largest absolute Gasteiger partial charge is 0.505 e. The molecule has 1 aromatic carbocycles. The highest BCUT2D eigenvalue weighted by Gasteiger charge is 2.19. The zero-order valence-electron chi connectivity index (χ0n) is 12.6. The highest BCUT2D eigenvalue weighted by atomic mass is 19.1. The van der Waals surface area contributed by atoms with Crippen LogP contribution < -0.4 is 5.32 Å². The molecule has 6 heteroatoms. The van der Waals surface area contributed by atoms with Crippen LogP contribution in [-0.4, -0.2) is 34.9 Å². The maximum Gasteiger partial charge on any atom is 0.222 e. The molecule has 1 aromatic rings. The molecule has 0 radical (unpaired) electrons. The first-order chi connectivity index (χ1) is 10.5. The van der Waals surface area contributed by atoms with Crippen LogP contribution in [0, 0.1) is 5.82 Å². The smallest absolute Gasteiger partial charge is 0.222 e. The van der Waals surface area contributed by atoms with Crippen LogP contribution in [0.3, 0.4) is 0 Å². The second-order valence-corrected chi connectivity index (χ2v) is 5.59. The lowest BCUT2D eigenvalue weighted by atomic mass is 10.1. The van der Waals surface area contributed by atoms with Gasteiger partial charge in [-0.2, -0.15) is 0 Å². The quantitative estimate of drug-likeness (QED) is 0.845. The van der Waals surface area contributed by atoms with Gasteiger partial charge >= 0.3 is 0 Å². The standard InChI is InChI=1S/C16H21FN2O3/c1-11(12-6-7-14(20)13(17)10-12)18-15(21)4-2-8-19-9-3-5-16(19)22/h6-7,10-11,20H,2-5,8-9H2,1H3,(H,18,21). The van der Waals surface area contributed by atoms with Gasteiger partial charge in [0.05, 0.1) is 6.04 Å². The summed E-state index contributed by atoms with van der Waals surface area (Å²) in [6, 6.07) is 3.72. The topological polar surface area (TPSA) is 69.6 Å². The average molecular weight is 308 g/mol. The molecule has 0 saturated carbocycles. The van der Waals surface area contributed by atoms with Crippen molar-refractivity contribution in [2.75, 3.05) is 13.1 Å². The number of rotatable bonds is 6. The first-order valence-corrected chi connectivity index (χ1v) is 7.53. The summed E-state index contributed by atoms with van der Waals surface area (Å²) in [6.07, 6.45) is 2.45. The minimum absolute atomic E-state index is 0.132. The molecule has 2 amide bonds. The predicted molar refractivity (Wildman–Crippen MR) is 79.7 cm³/mol. The Morgan fingerprint density at radius 3 is 2.91 bits per heavy atom. The number of carbonyl (C=O) groups is 2. The lowest BCUT2D eigenvalue weighted by molar-refractivity contribution is -0.128. The van der Waals surface area contributed by atoms with E-state index in [1.165, 1.54) is 12.1 Å². The SMILES string of the molecule is CC(NC(=O)CCCN1CCCC1=O)c1ccc(O)c(F)c1. The molecular formula is C16H21FN2O3. The molecule has 0 aromatic heterocycles. The number of carbonyl (C=O) groups excluding carboxylic acids is 2. The van der Waals surface area contributed by atoms with Gasteiger partial charge in [0.2, 0.25) is 11.8 Å². The molecule has 1 fully saturated rings. The van der Waals surface area contributed by atoms with Crippen LogP contribution in [0.1, 0.15) is 44.2 Å². The Morgan fingerprint density at radius 1 is 1.50 bits per heavy atom. The van der Waals surface area contributed by atoms with E-state index in [4.69, 9.17) is 5.11 Å². The summed E-state index contributed by atoms with van der Waals surface area (Å²) in [5, 5.41) is 11.9. The van der Waals surface area contributed by atoms with Gasteiger partial charge in [0, 0.05) is 25.9 Å². The highest BCUT2D eigenvalue weighted by Crippen LogP contribution is 2.20. The summed E-state index contributed by atoms with van der Waals surface area (Å²) < 4.78 is 13.3. The van der Waals surface area contributed by atoms with Crippen molar-refractivity contribution in [1.29, 1.82) is 0 Å². The van der Waals surface area contributed by atoms with Crippen LogP contribution in [0.4, 0.5) is 4.39 Å². The van der Waals surface area contributed by atoms with Crippen LogP contribution in [-0.2, 0) is 9.59 Å². The van der Waals surface area contributed by atoms with Gasteiger partial charge in [-0.15, -0.1) is 0 Å². The number of nitrogens with zero attached hydrogens (tertiary/aromatic N) is 1. The number of likely N-dealkylation sites (tertiary alicyclic amines) is 1. The maximum atomic E-state index is 13.3. The Morgan fingerprint density at radius 2 is 2.27 bits per heavy atom. The van der Waals surface area contributed by atoms with E-state index in [-0.39, 0.29) is 17.9 Å². The Hall–Kier alpha value is -2.11. The lowest BCUT2D eigenvalue weighted by Gasteiger charge is -2.17. The summed E-state index contributed by atoms with van der Waals surface area (Å²) in [7, 11) is 0. The molecular weight excluding hydrogens is 287 g/mol. The molecule has 2 rings (SSSR count). The maximum absolute atomic E-state index is 13.3. The normalized spacial score (nSPS) is 15.9. The van der Waals surface area contributed by atoms with Crippen molar-refractivity contribution in [2.45, 2.75) is 38.6 Å². The zero-order chi connectivity index (χ0) is 16.1. The fraction of sp³-hybridized carbons (Fsp3) is 0.500.